The van der Waals surface area contributed by atoms with Gasteiger partial charge in [0, 0.05) is 31.7 Å². The van der Waals surface area contributed by atoms with E-state index in [0.29, 0.717) is 6.54 Å². The van der Waals surface area contributed by atoms with Crippen molar-refractivity contribution in [2.75, 3.05) is 19.6 Å². The minimum absolute atomic E-state index is 0. The number of hydrogen-bond acceptors (Lipinski definition) is 3. The van der Waals surface area contributed by atoms with Crippen molar-refractivity contribution in [2.24, 2.45) is 12.8 Å². The maximum Gasteiger partial charge on any atom is 0.123 e. The summed E-state index contributed by atoms with van der Waals surface area (Å²) in [6, 6.07) is 16.4. The molecule has 0 atom stereocenters. The minimum Gasteiger partial charge on any atom is -0.330 e. The summed E-state index contributed by atoms with van der Waals surface area (Å²) in [5.41, 5.74) is 9.19. The Labute approximate surface area is 160 Å². The fourth-order valence-corrected chi connectivity index (χ4v) is 3.11. The molecule has 0 amide bonds. The maximum absolute atomic E-state index is 6.08. The van der Waals surface area contributed by atoms with Gasteiger partial charge in [0.15, 0.2) is 0 Å². The number of halogens is 2. The molecule has 4 nitrogen and oxygen atoms in total. The van der Waals surface area contributed by atoms with E-state index in [1.54, 1.807) is 0 Å². The summed E-state index contributed by atoms with van der Waals surface area (Å²) in [5.74, 6) is 1.04. The zero-order valence-corrected chi connectivity index (χ0v) is 15.9. The van der Waals surface area contributed by atoms with Crippen molar-refractivity contribution in [3.8, 4) is 0 Å². The first kappa shape index (κ1) is 19.7. The van der Waals surface area contributed by atoms with Crippen LogP contribution < -0.4 is 5.73 Å². The van der Waals surface area contributed by atoms with Crippen molar-refractivity contribution in [2.45, 2.75) is 13.0 Å². The van der Waals surface area contributed by atoms with Gasteiger partial charge in [0.05, 0.1) is 17.6 Å². The highest BCUT2D eigenvalue weighted by molar-refractivity contribution is 6.31. The van der Waals surface area contributed by atoms with Crippen LogP contribution in [0.2, 0.25) is 5.02 Å². The van der Waals surface area contributed by atoms with Gasteiger partial charge in [-0.3, -0.25) is 4.90 Å². The molecule has 25 heavy (non-hydrogen) atoms. The van der Waals surface area contributed by atoms with Crippen LogP contribution in [0.25, 0.3) is 11.0 Å². The second-order valence-electron chi connectivity index (χ2n) is 6.02. The zero-order chi connectivity index (χ0) is 16.9. The van der Waals surface area contributed by atoms with E-state index in [0.717, 1.165) is 47.9 Å². The Morgan fingerprint density at radius 3 is 2.60 bits per heavy atom. The van der Waals surface area contributed by atoms with Gasteiger partial charge < -0.3 is 10.3 Å². The van der Waals surface area contributed by atoms with Crippen molar-refractivity contribution in [1.82, 2.24) is 14.5 Å². The number of nitrogens with two attached hydrogens (primary N) is 1. The molecule has 134 valence electrons. The Morgan fingerprint density at radius 2 is 1.88 bits per heavy atom. The van der Waals surface area contributed by atoms with Crippen LogP contribution in [0.4, 0.5) is 0 Å². The van der Waals surface area contributed by atoms with Crippen molar-refractivity contribution >= 4 is 35.0 Å². The number of fused-ring (bicyclic) bond motifs is 1. The fraction of sp³-hybridized carbons (Fsp3) is 0.316. The molecule has 0 saturated carbocycles. The number of hydrogen-bond donors (Lipinski definition) is 1. The van der Waals surface area contributed by atoms with Gasteiger partial charge in [-0.05, 0) is 30.2 Å². The van der Waals surface area contributed by atoms with Crippen LogP contribution >= 0.6 is 24.0 Å². The number of rotatable bonds is 7. The Kier molecular flexibility index (Phi) is 7.26. The lowest BCUT2D eigenvalue weighted by molar-refractivity contribution is 0.267. The third-order valence-electron chi connectivity index (χ3n) is 4.31. The van der Waals surface area contributed by atoms with Crippen LogP contribution in [-0.2, 0) is 20.0 Å². The normalized spacial score (nSPS) is 11.0. The van der Waals surface area contributed by atoms with Gasteiger partial charge in [-0.2, -0.15) is 0 Å². The number of imidazole rings is 1. The lowest BCUT2D eigenvalue weighted by Crippen LogP contribution is -2.32. The van der Waals surface area contributed by atoms with Crippen LogP contribution in [0.1, 0.15) is 11.4 Å². The Hall–Kier alpha value is -1.59. The summed E-state index contributed by atoms with van der Waals surface area (Å²) in [6.45, 7) is 3.25. The van der Waals surface area contributed by atoms with Crippen molar-refractivity contribution in [1.29, 1.82) is 0 Å². The number of benzene rings is 2. The second-order valence-corrected chi connectivity index (χ2v) is 6.46. The Morgan fingerprint density at radius 1 is 1.12 bits per heavy atom. The molecule has 0 aliphatic heterocycles. The molecule has 3 rings (SSSR count). The van der Waals surface area contributed by atoms with Crippen molar-refractivity contribution in [3.05, 3.63) is 64.9 Å². The van der Waals surface area contributed by atoms with Gasteiger partial charge in [0.1, 0.15) is 5.82 Å². The molecule has 0 spiro atoms. The van der Waals surface area contributed by atoms with E-state index >= 15 is 0 Å². The molecule has 2 aromatic carbocycles. The van der Waals surface area contributed by atoms with Gasteiger partial charge >= 0.3 is 0 Å². The monoisotopic (exact) mass is 378 g/mol. The molecule has 6 heteroatoms. The highest BCUT2D eigenvalue weighted by Gasteiger charge is 2.12. The predicted molar refractivity (Wildman–Crippen MR) is 107 cm³/mol. The number of nitrogens with zero attached hydrogens (tertiary/aromatic N) is 3. The number of aryl methyl sites for hydroxylation is 1. The standard InChI is InChI=1S/C19H23ClN4.ClH/c1-23-18-8-7-16(20)13-17(18)22-19(23)14-24(12-10-21)11-9-15-5-3-2-4-6-15;/h2-8,13H,9-12,14,21H2,1H3;1H. The summed E-state index contributed by atoms with van der Waals surface area (Å²) in [5, 5.41) is 0.718. The molecule has 0 saturated heterocycles. The molecule has 0 aliphatic rings. The summed E-state index contributed by atoms with van der Waals surface area (Å²) in [7, 11) is 2.05. The average Bonchev–Trinajstić information content (AvgIpc) is 2.89. The van der Waals surface area contributed by atoms with Crippen molar-refractivity contribution in [3.63, 3.8) is 0 Å². The maximum atomic E-state index is 6.08. The topological polar surface area (TPSA) is 47.1 Å². The van der Waals surface area contributed by atoms with Gasteiger partial charge in [-0.1, -0.05) is 41.9 Å². The Bertz CT molecular complexity index is 802. The molecule has 0 bridgehead atoms. The van der Waals surface area contributed by atoms with E-state index in [4.69, 9.17) is 22.3 Å². The lowest BCUT2D eigenvalue weighted by atomic mass is 10.1. The predicted octanol–water partition coefficient (Wildman–Crippen LogP) is 3.65. The summed E-state index contributed by atoms with van der Waals surface area (Å²) >= 11 is 6.08. The van der Waals surface area contributed by atoms with Crippen LogP contribution in [0.15, 0.2) is 48.5 Å². The molecule has 2 N–H and O–H groups in total. The van der Waals surface area contributed by atoms with Crippen LogP contribution in [-0.4, -0.2) is 34.1 Å². The van der Waals surface area contributed by atoms with Crippen LogP contribution in [0.5, 0.6) is 0 Å². The van der Waals surface area contributed by atoms with Crippen LogP contribution in [0.3, 0.4) is 0 Å². The van der Waals surface area contributed by atoms with Gasteiger partial charge in [0.2, 0.25) is 0 Å². The molecule has 0 aliphatic carbocycles. The summed E-state index contributed by atoms with van der Waals surface area (Å²) in [4.78, 5) is 7.10. The molecule has 0 fully saturated rings. The zero-order valence-electron chi connectivity index (χ0n) is 14.4. The largest absolute Gasteiger partial charge is 0.330 e. The third kappa shape index (κ3) is 4.95. The van der Waals surface area contributed by atoms with E-state index in [9.17, 15) is 0 Å². The highest BCUT2D eigenvalue weighted by atomic mass is 35.5. The smallest absolute Gasteiger partial charge is 0.123 e. The first-order valence-electron chi connectivity index (χ1n) is 8.24. The molecule has 1 heterocycles. The van der Waals surface area contributed by atoms with Crippen LogP contribution in [0, 0.1) is 0 Å². The van der Waals surface area contributed by atoms with E-state index in [-0.39, 0.29) is 12.4 Å². The second kappa shape index (κ2) is 9.20. The molecule has 1 aromatic heterocycles. The molecule has 0 unspecified atom stereocenters. The van der Waals surface area contributed by atoms with Gasteiger partial charge in [-0.15, -0.1) is 12.4 Å². The molecule has 0 radical (unpaired) electrons. The number of aromatic nitrogens is 2. The summed E-state index contributed by atoms with van der Waals surface area (Å²) in [6.07, 6.45) is 1.01. The van der Waals surface area contributed by atoms with E-state index < -0.39 is 0 Å². The first-order chi connectivity index (χ1) is 11.7. The average molecular weight is 379 g/mol. The summed E-state index contributed by atoms with van der Waals surface area (Å²) < 4.78 is 2.14. The van der Waals surface area contributed by atoms with E-state index in [1.807, 2.05) is 24.3 Å². The molecular weight excluding hydrogens is 355 g/mol. The van der Waals surface area contributed by atoms with E-state index in [2.05, 4.69) is 40.8 Å². The highest BCUT2D eigenvalue weighted by Crippen LogP contribution is 2.20. The first-order valence-corrected chi connectivity index (χ1v) is 8.62. The fourth-order valence-electron chi connectivity index (χ4n) is 2.95. The molecule has 3 aromatic rings. The van der Waals surface area contributed by atoms with Crippen molar-refractivity contribution < 1.29 is 0 Å². The SMILES string of the molecule is Cl.Cn1c(CN(CCN)CCc2ccccc2)nc2cc(Cl)ccc21. The Balaban J connectivity index is 0.00000225. The third-order valence-corrected chi connectivity index (χ3v) is 4.54. The molecular formula is C19H24Cl2N4. The lowest BCUT2D eigenvalue weighted by Gasteiger charge is -2.21. The van der Waals surface area contributed by atoms with Gasteiger partial charge in [0.25, 0.3) is 0 Å². The van der Waals surface area contributed by atoms with Gasteiger partial charge in [-0.25, -0.2) is 4.98 Å². The quantitative estimate of drug-likeness (QED) is 0.682. The minimum atomic E-state index is 0. The van der Waals surface area contributed by atoms with E-state index in [1.165, 1.54) is 5.56 Å².